The van der Waals surface area contributed by atoms with Gasteiger partial charge in [-0.25, -0.2) is 0 Å². The van der Waals surface area contributed by atoms with E-state index in [0.717, 1.165) is 0 Å². The molecule has 3 N–H and O–H groups in total. The highest BCUT2D eigenvalue weighted by atomic mass is 16.5. The molecule has 5 heteroatoms. The second kappa shape index (κ2) is 6.17. The number of carbonyl (C=O) groups is 1. The third kappa shape index (κ3) is 3.45. The van der Waals surface area contributed by atoms with Crippen LogP contribution < -0.4 is 4.74 Å². The molecular weight excluding hydrogens is 272 g/mol. The smallest absolute Gasteiger partial charge is 0.311 e. The Balaban J connectivity index is 2.28. The first-order valence-corrected chi connectivity index (χ1v) is 6.39. The van der Waals surface area contributed by atoms with Gasteiger partial charge in [0.15, 0.2) is 0 Å². The summed E-state index contributed by atoms with van der Waals surface area (Å²) in [4.78, 5) is 11.5. The van der Waals surface area contributed by atoms with E-state index in [1.54, 1.807) is 24.3 Å². The summed E-state index contributed by atoms with van der Waals surface area (Å²) in [6, 6.07) is 10.8. The second-order valence-corrected chi connectivity index (χ2v) is 4.68. The van der Waals surface area contributed by atoms with Crippen molar-refractivity contribution in [1.82, 2.24) is 0 Å². The lowest BCUT2D eigenvalue weighted by molar-refractivity contribution is -0.138. The topological polar surface area (TPSA) is 87.0 Å². The SMILES string of the molecule is COc1ccc(C[C@H](C(=O)O)c2ccc(O)cc2)c(O)c1. The summed E-state index contributed by atoms with van der Waals surface area (Å²) < 4.78 is 5.00. The highest BCUT2D eigenvalue weighted by Gasteiger charge is 2.22. The number of phenolic OH excluding ortho intramolecular Hbond substituents is 2. The number of phenols is 2. The molecule has 0 aromatic heterocycles. The summed E-state index contributed by atoms with van der Waals surface area (Å²) in [6.45, 7) is 0. The molecule has 0 heterocycles. The number of carboxylic acid groups (broad SMARTS) is 1. The Morgan fingerprint density at radius 3 is 2.33 bits per heavy atom. The zero-order valence-corrected chi connectivity index (χ0v) is 11.5. The number of hydrogen-bond acceptors (Lipinski definition) is 4. The van der Waals surface area contributed by atoms with Gasteiger partial charge in [-0.1, -0.05) is 18.2 Å². The summed E-state index contributed by atoms with van der Waals surface area (Å²) in [7, 11) is 1.49. The van der Waals surface area contributed by atoms with E-state index in [-0.39, 0.29) is 17.9 Å². The van der Waals surface area contributed by atoms with Gasteiger partial charge in [0, 0.05) is 6.07 Å². The molecule has 110 valence electrons. The van der Waals surface area contributed by atoms with Gasteiger partial charge in [0.25, 0.3) is 0 Å². The van der Waals surface area contributed by atoms with Gasteiger partial charge in [-0.2, -0.15) is 0 Å². The van der Waals surface area contributed by atoms with Gasteiger partial charge in [0.1, 0.15) is 17.2 Å². The fraction of sp³-hybridized carbons (Fsp3) is 0.188. The monoisotopic (exact) mass is 288 g/mol. The zero-order valence-electron chi connectivity index (χ0n) is 11.5. The van der Waals surface area contributed by atoms with E-state index in [1.807, 2.05) is 0 Å². The number of aromatic hydroxyl groups is 2. The van der Waals surface area contributed by atoms with E-state index in [9.17, 15) is 20.1 Å². The van der Waals surface area contributed by atoms with Crippen LogP contribution in [-0.4, -0.2) is 28.4 Å². The molecule has 21 heavy (non-hydrogen) atoms. The fourth-order valence-corrected chi connectivity index (χ4v) is 2.12. The lowest BCUT2D eigenvalue weighted by atomic mass is 9.91. The Morgan fingerprint density at radius 2 is 1.81 bits per heavy atom. The molecule has 2 aromatic carbocycles. The maximum atomic E-state index is 11.5. The molecule has 0 aliphatic carbocycles. The maximum absolute atomic E-state index is 11.5. The van der Waals surface area contributed by atoms with E-state index >= 15 is 0 Å². The highest BCUT2D eigenvalue weighted by Crippen LogP contribution is 2.29. The normalized spacial score (nSPS) is 11.9. The quantitative estimate of drug-likeness (QED) is 0.787. The number of rotatable bonds is 5. The molecule has 2 aromatic rings. The minimum absolute atomic E-state index is 0.000576. The van der Waals surface area contributed by atoms with Crippen molar-refractivity contribution in [2.24, 2.45) is 0 Å². The van der Waals surface area contributed by atoms with Crippen LogP contribution in [0.15, 0.2) is 42.5 Å². The molecule has 0 saturated heterocycles. The third-order valence-electron chi connectivity index (χ3n) is 3.31. The van der Waals surface area contributed by atoms with E-state index in [2.05, 4.69) is 0 Å². The van der Waals surface area contributed by atoms with Crippen molar-refractivity contribution < 1.29 is 24.9 Å². The van der Waals surface area contributed by atoms with Crippen LogP contribution in [0.25, 0.3) is 0 Å². The zero-order chi connectivity index (χ0) is 15.4. The van der Waals surface area contributed by atoms with Crippen LogP contribution in [0, 0.1) is 0 Å². The van der Waals surface area contributed by atoms with Crippen LogP contribution in [-0.2, 0) is 11.2 Å². The van der Waals surface area contributed by atoms with Gasteiger partial charge in [-0.05, 0) is 35.7 Å². The largest absolute Gasteiger partial charge is 0.508 e. The molecule has 5 nitrogen and oxygen atoms in total. The predicted molar refractivity (Wildman–Crippen MR) is 76.8 cm³/mol. The first-order chi connectivity index (χ1) is 10.0. The fourth-order valence-electron chi connectivity index (χ4n) is 2.12. The number of carboxylic acids is 1. The summed E-state index contributed by atoms with van der Waals surface area (Å²) in [5.41, 5.74) is 1.09. The Morgan fingerprint density at radius 1 is 1.14 bits per heavy atom. The Hall–Kier alpha value is -2.69. The molecule has 0 radical (unpaired) electrons. The van der Waals surface area contributed by atoms with Gasteiger partial charge in [-0.3, -0.25) is 4.79 Å². The number of methoxy groups -OCH3 is 1. The van der Waals surface area contributed by atoms with Gasteiger partial charge >= 0.3 is 5.97 Å². The summed E-state index contributed by atoms with van der Waals surface area (Å²) in [6.07, 6.45) is 0.149. The van der Waals surface area contributed by atoms with Crippen molar-refractivity contribution in [2.75, 3.05) is 7.11 Å². The Labute approximate surface area is 122 Å². The van der Waals surface area contributed by atoms with Crippen LogP contribution in [0.1, 0.15) is 17.0 Å². The van der Waals surface area contributed by atoms with Crippen LogP contribution in [0.5, 0.6) is 17.2 Å². The van der Waals surface area contributed by atoms with Crippen molar-refractivity contribution in [3.8, 4) is 17.2 Å². The number of ether oxygens (including phenoxy) is 1. The molecule has 0 spiro atoms. The second-order valence-electron chi connectivity index (χ2n) is 4.68. The highest BCUT2D eigenvalue weighted by molar-refractivity contribution is 5.76. The van der Waals surface area contributed by atoms with Crippen molar-refractivity contribution in [2.45, 2.75) is 12.3 Å². The van der Waals surface area contributed by atoms with E-state index in [4.69, 9.17) is 4.74 Å². The molecule has 0 bridgehead atoms. The van der Waals surface area contributed by atoms with Gasteiger partial charge in [0.2, 0.25) is 0 Å². The molecule has 0 amide bonds. The first kappa shape index (κ1) is 14.7. The molecule has 0 saturated carbocycles. The Kier molecular flexibility index (Phi) is 4.33. The number of aliphatic carboxylic acids is 1. The maximum Gasteiger partial charge on any atom is 0.311 e. The summed E-state index contributed by atoms with van der Waals surface area (Å²) in [5, 5.41) is 28.6. The van der Waals surface area contributed by atoms with E-state index < -0.39 is 11.9 Å². The lowest BCUT2D eigenvalue weighted by Crippen LogP contribution is -2.14. The summed E-state index contributed by atoms with van der Waals surface area (Å²) in [5.74, 6) is -1.21. The van der Waals surface area contributed by atoms with Gasteiger partial charge in [0.05, 0.1) is 13.0 Å². The van der Waals surface area contributed by atoms with Crippen molar-refractivity contribution in [3.05, 3.63) is 53.6 Å². The van der Waals surface area contributed by atoms with Crippen LogP contribution in [0.2, 0.25) is 0 Å². The van der Waals surface area contributed by atoms with Crippen LogP contribution >= 0.6 is 0 Å². The van der Waals surface area contributed by atoms with Crippen molar-refractivity contribution >= 4 is 5.97 Å². The lowest BCUT2D eigenvalue weighted by Gasteiger charge is -2.14. The van der Waals surface area contributed by atoms with Crippen LogP contribution in [0.4, 0.5) is 0 Å². The predicted octanol–water partition coefficient (Wildman–Crippen LogP) is 2.52. The number of benzene rings is 2. The minimum atomic E-state index is -0.990. The van der Waals surface area contributed by atoms with E-state index in [1.165, 1.54) is 25.3 Å². The first-order valence-electron chi connectivity index (χ1n) is 6.39. The molecule has 0 fully saturated rings. The average Bonchev–Trinajstić information content (AvgIpc) is 2.46. The molecular formula is C16H16O5. The minimum Gasteiger partial charge on any atom is -0.508 e. The summed E-state index contributed by atoms with van der Waals surface area (Å²) >= 11 is 0. The molecule has 0 unspecified atom stereocenters. The van der Waals surface area contributed by atoms with Gasteiger partial charge in [-0.15, -0.1) is 0 Å². The molecule has 2 rings (SSSR count). The average molecular weight is 288 g/mol. The molecule has 0 aliphatic heterocycles. The molecule has 0 aliphatic rings. The number of hydrogen-bond donors (Lipinski definition) is 3. The van der Waals surface area contributed by atoms with E-state index in [0.29, 0.717) is 16.9 Å². The standard InChI is InChI=1S/C16H16O5/c1-21-13-7-4-11(15(18)9-13)8-14(16(19)20)10-2-5-12(17)6-3-10/h2-7,9,14,17-18H,8H2,1H3,(H,19,20)/t14-/m0/s1. The third-order valence-corrected chi connectivity index (χ3v) is 3.31. The van der Waals surface area contributed by atoms with Crippen LogP contribution in [0.3, 0.4) is 0 Å². The molecule has 1 atom stereocenters. The van der Waals surface area contributed by atoms with Crippen molar-refractivity contribution in [1.29, 1.82) is 0 Å². The Bertz CT molecular complexity index is 634. The van der Waals surface area contributed by atoms with Gasteiger partial charge < -0.3 is 20.1 Å². The van der Waals surface area contributed by atoms with Crippen molar-refractivity contribution in [3.63, 3.8) is 0 Å².